The van der Waals surface area contributed by atoms with Gasteiger partial charge in [-0.1, -0.05) is 37.6 Å². The van der Waals surface area contributed by atoms with Crippen molar-refractivity contribution in [3.05, 3.63) is 58.9 Å². The maximum absolute atomic E-state index is 14.7. The molecule has 0 aromatic heterocycles. The zero-order chi connectivity index (χ0) is 19.4. The van der Waals surface area contributed by atoms with Crippen molar-refractivity contribution in [3.8, 4) is 11.1 Å². The van der Waals surface area contributed by atoms with Gasteiger partial charge in [0.15, 0.2) is 17.9 Å². The van der Waals surface area contributed by atoms with Crippen LogP contribution in [0.15, 0.2) is 30.3 Å². The van der Waals surface area contributed by atoms with Crippen LogP contribution in [0.3, 0.4) is 0 Å². The lowest BCUT2D eigenvalue weighted by Crippen LogP contribution is -2.27. The molecule has 0 saturated carbocycles. The molecule has 2 unspecified atom stereocenters. The summed E-state index contributed by atoms with van der Waals surface area (Å²) in [6.45, 7) is 4.66. The van der Waals surface area contributed by atoms with Gasteiger partial charge in [0.25, 0.3) is 0 Å². The van der Waals surface area contributed by atoms with Crippen LogP contribution in [0.2, 0.25) is 0 Å². The van der Waals surface area contributed by atoms with E-state index in [0.717, 1.165) is 19.3 Å². The summed E-state index contributed by atoms with van der Waals surface area (Å²) in [7, 11) is 0. The van der Waals surface area contributed by atoms with E-state index < -0.39 is 17.5 Å². The van der Waals surface area contributed by atoms with Crippen molar-refractivity contribution in [1.29, 1.82) is 0 Å². The third-order valence-electron chi connectivity index (χ3n) is 5.06. The van der Waals surface area contributed by atoms with Crippen molar-refractivity contribution in [2.75, 3.05) is 13.2 Å². The van der Waals surface area contributed by atoms with Gasteiger partial charge in [0.05, 0.1) is 6.61 Å². The first-order chi connectivity index (χ1) is 13.0. The smallest absolute Gasteiger partial charge is 0.166 e. The van der Waals surface area contributed by atoms with Crippen molar-refractivity contribution >= 4 is 0 Å². The van der Waals surface area contributed by atoms with Crippen LogP contribution in [-0.4, -0.2) is 19.5 Å². The summed E-state index contributed by atoms with van der Waals surface area (Å²) in [5.41, 5.74) is 1.15. The summed E-state index contributed by atoms with van der Waals surface area (Å²) in [6, 6.07) is 7.52. The van der Waals surface area contributed by atoms with Gasteiger partial charge in [0, 0.05) is 18.1 Å². The minimum absolute atomic E-state index is 0.0628. The molecule has 1 fully saturated rings. The molecule has 0 spiro atoms. The Balaban J connectivity index is 1.70. The fraction of sp³-hybridized carbons (Fsp3) is 0.455. The van der Waals surface area contributed by atoms with Gasteiger partial charge in [-0.3, -0.25) is 0 Å². The van der Waals surface area contributed by atoms with Crippen LogP contribution in [0.1, 0.15) is 49.7 Å². The van der Waals surface area contributed by atoms with Gasteiger partial charge >= 0.3 is 0 Å². The van der Waals surface area contributed by atoms with Crippen LogP contribution in [0.5, 0.6) is 0 Å². The molecule has 1 saturated heterocycles. The molecule has 5 heteroatoms. The highest BCUT2D eigenvalue weighted by atomic mass is 19.2. The number of rotatable bonds is 6. The Morgan fingerprint density at radius 3 is 2.56 bits per heavy atom. The monoisotopic (exact) mass is 378 g/mol. The highest BCUT2D eigenvalue weighted by Gasteiger charge is 2.25. The minimum atomic E-state index is -0.949. The quantitative estimate of drug-likeness (QED) is 0.564. The van der Waals surface area contributed by atoms with Crippen molar-refractivity contribution < 1.29 is 22.6 Å². The van der Waals surface area contributed by atoms with Gasteiger partial charge in [0.2, 0.25) is 0 Å². The molecule has 0 radical (unpaired) electrons. The first-order valence-electron chi connectivity index (χ1n) is 9.48. The number of halogens is 3. The van der Waals surface area contributed by atoms with Gasteiger partial charge < -0.3 is 9.47 Å². The Morgan fingerprint density at radius 2 is 1.89 bits per heavy atom. The van der Waals surface area contributed by atoms with E-state index in [9.17, 15) is 13.2 Å². The molecule has 1 aliphatic rings. The van der Waals surface area contributed by atoms with E-state index in [0.29, 0.717) is 30.8 Å². The Labute approximate surface area is 158 Å². The van der Waals surface area contributed by atoms with E-state index >= 15 is 0 Å². The van der Waals surface area contributed by atoms with Crippen molar-refractivity contribution in [3.63, 3.8) is 0 Å². The molecule has 146 valence electrons. The second-order valence-corrected chi connectivity index (χ2v) is 7.06. The lowest BCUT2D eigenvalue weighted by Gasteiger charge is -2.29. The topological polar surface area (TPSA) is 18.5 Å². The molecule has 1 aliphatic heterocycles. The highest BCUT2D eigenvalue weighted by Crippen LogP contribution is 2.33. The fourth-order valence-corrected chi connectivity index (χ4v) is 3.36. The number of benzene rings is 2. The summed E-state index contributed by atoms with van der Waals surface area (Å²) < 4.78 is 54.0. The second-order valence-electron chi connectivity index (χ2n) is 7.06. The molecular formula is C22H25F3O2. The van der Waals surface area contributed by atoms with E-state index in [4.69, 9.17) is 9.47 Å². The highest BCUT2D eigenvalue weighted by molar-refractivity contribution is 5.65. The summed E-state index contributed by atoms with van der Waals surface area (Å²) in [5, 5.41) is 0. The Bertz CT molecular complexity index is 783. The molecule has 0 amide bonds. The Kier molecular flexibility index (Phi) is 6.55. The molecule has 2 aromatic carbocycles. The van der Waals surface area contributed by atoms with Crippen molar-refractivity contribution in [2.24, 2.45) is 0 Å². The predicted molar refractivity (Wildman–Crippen MR) is 99.1 cm³/mol. The largest absolute Gasteiger partial charge is 0.353 e. The summed E-state index contributed by atoms with van der Waals surface area (Å²) >= 11 is 0. The standard InChI is InChI=1S/C22H25F3O2/c1-3-4-11-26-20-10-7-16(13-27-20)17-9-6-15(12-19(17)23)18-8-5-14(2)21(24)22(18)25/h5-6,8-9,12,16,20H,3-4,7,10-11,13H2,1-2H3. The van der Waals surface area contributed by atoms with Crippen molar-refractivity contribution in [2.45, 2.75) is 51.7 Å². The van der Waals surface area contributed by atoms with Gasteiger partial charge in [-0.05, 0) is 48.9 Å². The Morgan fingerprint density at radius 1 is 1.07 bits per heavy atom. The molecule has 1 heterocycles. The lowest BCUT2D eigenvalue weighted by atomic mass is 9.91. The zero-order valence-corrected chi connectivity index (χ0v) is 15.7. The first-order valence-corrected chi connectivity index (χ1v) is 9.48. The van der Waals surface area contributed by atoms with Gasteiger partial charge in [-0.15, -0.1) is 0 Å². The molecule has 0 aliphatic carbocycles. The number of ether oxygens (including phenoxy) is 2. The van der Waals surface area contributed by atoms with Gasteiger partial charge in [0.1, 0.15) is 5.82 Å². The summed E-state index contributed by atoms with van der Waals surface area (Å²) in [4.78, 5) is 0. The van der Waals surface area contributed by atoms with Crippen LogP contribution in [-0.2, 0) is 9.47 Å². The molecule has 2 aromatic rings. The minimum Gasteiger partial charge on any atom is -0.353 e. The third-order valence-corrected chi connectivity index (χ3v) is 5.06. The van der Waals surface area contributed by atoms with Gasteiger partial charge in [-0.25, -0.2) is 13.2 Å². The third kappa shape index (κ3) is 4.53. The maximum Gasteiger partial charge on any atom is 0.166 e. The summed E-state index contributed by atoms with van der Waals surface area (Å²) in [6.07, 6.45) is 3.32. The van der Waals surface area contributed by atoms with Crippen LogP contribution in [0, 0.1) is 24.4 Å². The van der Waals surface area contributed by atoms with Crippen LogP contribution in [0.25, 0.3) is 11.1 Å². The molecule has 3 rings (SSSR count). The normalized spacial score (nSPS) is 20.0. The van der Waals surface area contributed by atoms with Gasteiger partial charge in [-0.2, -0.15) is 0 Å². The lowest BCUT2D eigenvalue weighted by molar-refractivity contribution is -0.167. The Hall–Kier alpha value is -1.85. The summed E-state index contributed by atoms with van der Waals surface area (Å²) in [5.74, 6) is -2.33. The van der Waals surface area contributed by atoms with Crippen LogP contribution < -0.4 is 0 Å². The molecular weight excluding hydrogens is 353 g/mol. The predicted octanol–water partition coefficient (Wildman–Crippen LogP) is 6.12. The van der Waals surface area contributed by atoms with E-state index in [1.807, 2.05) is 0 Å². The average Bonchev–Trinajstić information content (AvgIpc) is 2.67. The van der Waals surface area contributed by atoms with E-state index in [2.05, 4.69) is 6.92 Å². The molecule has 27 heavy (non-hydrogen) atoms. The molecule has 2 nitrogen and oxygen atoms in total. The molecule has 0 N–H and O–H groups in total. The maximum atomic E-state index is 14.7. The van der Waals surface area contributed by atoms with Crippen LogP contribution in [0.4, 0.5) is 13.2 Å². The van der Waals surface area contributed by atoms with E-state index in [-0.39, 0.29) is 23.3 Å². The number of unbranched alkanes of at least 4 members (excludes halogenated alkanes) is 1. The fourth-order valence-electron chi connectivity index (χ4n) is 3.36. The number of hydrogen-bond donors (Lipinski definition) is 0. The van der Waals surface area contributed by atoms with E-state index in [1.165, 1.54) is 25.1 Å². The zero-order valence-electron chi connectivity index (χ0n) is 15.7. The second kappa shape index (κ2) is 8.89. The van der Waals surface area contributed by atoms with E-state index in [1.54, 1.807) is 12.1 Å². The number of hydrogen-bond acceptors (Lipinski definition) is 2. The molecule has 2 atom stereocenters. The molecule has 0 bridgehead atoms. The number of aryl methyl sites for hydroxylation is 1. The van der Waals surface area contributed by atoms with Crippen LogP contribution >= 0.6 is 0 Å². The SMILES string of the molecule is CCCCOC1CCC(c2ccc(-c3ccc(C)c(F)c3F)cc2F)CO1. The first kappa shape index (κ1) is 19.9. The van der Waals surface area contributed by atoms with Crippen molar-refractivity contribution in [1.82, 2.24) is 0 Å². The average molecular weight is 378 g/mol.